The van der Waals surface area contributed by atoms with Crippen LogP contribution in [-0.4, -0.2) is 68.6 Å². The summed E-state index contributed by atoms with van der Waals surface area (Å²) in [7, 11) is 0. The molecule has 0 aromatic heterocycles. The van der Waals surface area contributed by atoms with Crippen molar-refractivity contribution < 1.29 is 19.3 Å². The normalized spacial score (nSPS) is 12.0. The molecule has 0 bridgehead atoms. The summed E-state index contributed by atoms with van der Waals surface area (Å²) in [5.41, 5.74) is -0.496. The van der Waals surface area contributed by atoms with Crippen molar-refractivity contribution >= 4 is 37.9 Å². The van der Waals surface area contributed by atoms with E-state index in [0.717, 1.165) is 36.5 Å². The molecule has 0 unspecified atom stereocenters. The van der Waals surface area contributed by atoms with Crippen LogP contribution >= 0.6 is 37.9 Å². The second-order valence-corrected chi connectivity index (χ2v) is 6.39. The molecule has 7 heteroatoms. The monoisotopic (exact) mass is 358 g/mol. The lowest BCUT2D eigenvalue weighted by atomic mass is 9.92. The quantitative estimate of drug-likeness (QED) is 0.252. The number of thiol groups is 3. The molecule has 4 nitrogen and oxygen atoms in total. The van der Waals surface area contributed by atoms with Gasteiger partial charge in [-0.1, -0.05) is 0 Å². The van der Waals surface area contributed by atoms with Crippen molar-refractivity contribution in [2.75, 3.05) is 63.5 Å². The zero-order valence-corrected chi connectivity index (χ0v) is 15.4. The van der Waals surface area contributed by atoms with Crippen LogP contribution in [0, 0.1) is 5.41 Å². The molecule has 128 valence electrons. The van der Waals surface area contributed by atoms with Gasteiger partial charge in [-0.25, -0.2) is 0 Å². The third kappa shape index (κ3) is 12.0. The van der Waals surface area contributed by atoms with Crippen LogP contribution in [0.4, 0.5) is 0 Å². The van der Waals surface area contributed by atoms with Crippen molar-refractivity contribution in [1.29, 1.82) is 0 Å². The fourth-order valence-electron chi connectivity index (χ4n) is 1.63. The lowest BCUT2D eigenvalue weighted by molar-refractivity contribution is -0.0923. The van der Waals surface area contributed by atoms with Gasteiger partial charge < -0.3 is 19.3 Å². The second kappa shape index (κ2) is 15.8. The van der Waals surface area contributed by atoms with Gasteiger partial charge >= 0.3 is 0 Å². The van der Waals surface area contributed by atoms with E-state index in [-0.39, 0.29) is 6.61 Å². The Morgan fingerprint density at radius 2 is 1.00 bits per heavy atom. The Morgan fingerprint density at radius 3 is 1.24 bits per heavy atom. The lowest BCUT2D eigenvalue weighted by Crippen LogP contribution is -2.41. The number of ether oxygens (including phenoxy) is 3. The molecule has 0 fully saturated rings. The maximum absolute atomic E-state index is 9.76. The van der Waals surface area contributed by atoms with E-state index in [4.69, 9.17) is 14.2 Å². The molecular formula is C14H30O4S3. The summed E-state index contributed by atoms with van der Waals surface area (Å²) in [5.74, 6) is 2.38. The van der Waals surface area contributed by atoms with Gasteiger partial charge in [-0.3, -0.25) is 0 Å². The minimum atomic E-state index is -0.496. The molecule has 0 heterocycles. The van der Waals surface area contributed by atoms with Crippen molar-refractivity contribution in [3.05, 3.63) is 0 Å². The van der Waals surface area contributed by atoms with Gasteiger partial charge in [0.2, 0.25) is 0 Å². The molecular weight excluding hydrogens is 328 g/mol. The Hall–Kier alpha value is 0.890. The van der Waals surface area contributed by atoms with Gasteiger partial charge in [0.1, 0.15) is 0 Å². The Balaban J connectivity index is 4.22. The van der Waals surface area contributed by atoms with Crippen molar-refractivity contribution in [2.24, 2.45) is 5.41 Å². The molecule has 0 saturated carbocycles. The van der Waals surface area contributed by atoms with Gasteiger partial charge in [-0.2, -0.15) is 37.9 Å². The maximum atomic E-state index is 9.76. The number of aliphatic hydroxyl groups is 1. The van der Waals surface area contributed by atoms with Crippen LogP contribution in [0.3, 0.4) is 0 Å². The predicted molar refractivity (Wildman–Crippen MR) is 97.4 cm³/mol. The molecule has 0 radical (unpaired) electrons. The van der Waals surface area contributed by atoms with Crippen LogP contribution < -0.4 is 0 Å². The highest BCUT2D eigenvalue weighted by atomic mass is 32.1. The van der Waals surface area contributed by atoms with E-state index in [1.165, 1.54) is 0 Å². The highest BCUT2D eigenvalue weighted by Crippen LogP contribution is 2.19. The summed E-state index contributed by atoms with van der Waals surface area (Å²) in [4.78, 5) is 0. The van der Waals surface area contributed by atoms with E-state index in [2.05, 4.69) is 37.9 Å². The van der Waals surface area contributed by atoms with Crippen molar-refractivity contribution in [3.8, 4) is 0 Å². The topological polar surface area (TPSA) is 47.9 Å². The number of hydrogen-bond donors (Lipinski definition) is 4. The first kappa shape index (κ1) is 21.9. The molecule has 21 heavy (non-hydrogen) atoms. The van der Waals surface area contributed by atoms with Gasteiger partial charge in [0.25, 0.3) is 0 Å². The Bertz CT molecular complexity index is 189. The Labute approximate surface area is 145 Å². The fraction of sp³-hybridized carbons (Fsp3) is 1.00. The second-order valence-electron chi connectivity index (χ2n) is 5.05. The van der Waals surface area contributed by atoms with E-state index in [0.29, 0.717) is 39.6 Å². The molecule has 0 rings (SSSR count). The number of aliphatic hydroxyl groups excluding tert-OH is 1. The number of rotatable bonds is 16. The molecule has 1 N–H and O–H groups in total. The zero-order chi connectivity index (χ0) is 15.8. The highest BCUT2D eigenvalue weighted by Gasteiger charge is 2.31. The predicted octanol–water partition coefficient (Wildman–Crippen LogP) is 1.97. The van der Waals surface area contributed by atoms with E-state index in [1.54, 1.807) is 0 Å². The molecule has 0 aromatic carbocycles. The highest BCUT2D eigenvalue weighted by molar-refractivity contribution is 7.80. The molecule has 0 spiro atoms. The number of hydrogen-bond acceptors (Lipinski definition) is 7. The smallest absolute Gasteiger partial charge is 0.0635 e. The molecule has 0 aliphatic heterocycles. The van der Waals surface area contributed by atoms with Crippen LogP contribution in [-0.2, 0) is 14.2 Å². The SMILES string of the molecule is OCC(COCCCS)(COCCCS)COCCCS. The average Bonchev–Trinajstić information content (AvgIpc) is 2.51. The van der Waals surface area contributed by atoms with Gasteiger partial charge in [0.05, 0.1) is 31.8 Å². The standard InChI is InChI=1S/C14H30O4S3/c15-10-14(11-16-4-1-7-19,12-17-5-2-8-20)13-18-6-3-9-21/h15,19-21H,1-13H2. The van der Waals surface area contributed by atoms with Crippen LogP contribution in [0.1, 0.15) is 19.3 Å². The summed E-state index contributed by atoms with van der Waals surface area (Å²) < 4.78 is 16.9. The molecule has 0 atom stereocenters. The van der Waals surface area contributed by atoms with E-state index in [9.17, 15) is 5.11 Å². The van der Waals surface area contributed by atoms with E-state index < -0.39 is 5.41 Å². The minimum absolute atomic E-state index is 0.0182. The summed E-state index contributed by atoms with van der Waals surface area (Å²) in [6.07, 6.45) is 2.68. The van der Waals surface area contributed by atoms with Gasteiger partial charge in [-0.05, 0) is 36.5 Å². The molecule has 0 aromatic rings. The van der Waals surface area contributed by atoms with Crippen LogP contribution in [0.2, 0.25) is 0 Å². The summed E-state index contributed by atoms with van der Waals surface area (Å²) in [6, 6.07) is 0. The van der Waals surface area contributed by atoms with Crippen molar-refractivity contribution in [3.63, 3.8) is 0 Å². The van der Waals surface area contributed by atoms with E-state index in [1.807, 2.05) is 0 Å². The first-order valence-electron chi connectivity index (χ1n) is 7.41. The summed E-state index contributed by atoms with van der Waals surface area (Å²) in [6.45, 7) is 3.18. The van der Waals surface area contributed by atoms with Gasteiger partial charge in [-0.15, -0.1) is 0 Å². The maximum Gasteiger partial charge on any atom is 0.0635 e. The first-order valence-corrected chi connectivity index (χ1v) is 9.31. The summed E-state index contributed by atoms with van der Waals surface area (Å²) in [5, 5.41) is 9.76. The third-order valence-electron chi connectivity index (χ3n) is 2.90. The Kier molecular flexibility index (Phi) is 16.4. The lowest BCUT2D eigenvalue weighted by Gasteiger charge is -2.31. The molecule has 0 aliphatic carbocycles. The van der Waals surface area contributed by atoms with Gasteiger partial charge in [0, 0.05) is 19.8 Å². The molecule has 0 saturated heterocycles. The summed E-state index contributed by atoms with van der Waals surface area (Å²) >= 11 is 12.5. The van der Waals surface area contributed by atoms with Crippen LogP contribution in [0.25, 0.3) is 0 Å². The fourth-order valence-corrected chi connectivity index (χ4v) is 2.02. The first-order chi connectivity index (χ1) is 10.2. The van der Waals surface area contributed by atoms with Crippen molar-refractivity contribution in [2.45, 2.75) is 19.3 Å². The van der Waals surface area contributed by atoms with Crippen molar-refractivity contribution in [1.82, 2.24) is 0 Å². The third-order valence-corrected chi connectivity index (χ3v) is 3.85. The zero-order valence-electron chi connectivity index (χ0n) is 12.7. The largest absolute Gasteiger partial charge is 0.396 e. The molecule has 0 aliphatic rings. The van der Waals surface area contributed by atoms with Crippen LogP contribution in [0.5, 0.6) is 0 Å². The Morgan fingerprint density at radius 1 is 0.667 bits per heavy atom. The van der Waals surface area contributed by atoms with E-state index >= 15 is 0 Å². The average molecular weight is 359 g/mol. The van der Waals surface area contributed by atoms with Crippen LogP contribution in [0.15, 0.2) is 0 Å². The minimum Gasteiger partial charge on any atom is -0.396 e. The van der Waals surface area contributed by atoms with Gasteiger partial charge in [0.15, 0.2) is 0 Å². The molecule has 0 amide bonds.